The minimum absolute atomic E-state index is 0.0743. The molecule has 9 nitrogen and oxygen atoms in total. The molecule has 0 unspecified atom stereocenters. The van der Waals surface area contributed by atoms with Crippen LogP contribution in [0.15, 0.2) is 18.2 Å². The average molecular weight is 393 g/mol. The first kappa shape index (κ1) is 20.4. The van der Waals surface area contributed by atoms with Gasteiger partial charge in [-0.3, -0.25) is 14.9 Å². The predicted molar refractivity (Wildman–Crippen MR) is 97.5 cm³/mol. The van der Waals surface area contributed by atoms with Crippen LogP contribution in [0.3, 0.4) is 0 Å². The number of nitro groups is 1. The minimum Gasteiger partial charge on any atom is -0.466 e. The van der Waals surface area contributed by atoms with Crippen LogP contribution in [0.2, 0.25) is 0 Å². The molecule has 0 saturated heterocycles. The average Bonchev–Trinajstić information content (AvgIpc) is 3.03. The van der Waals surface area contributed by atoms with Crippen LogP contribution in [0, 0.1) is 10.1 Å². The van der Waals surface area contributed by atoms with Gasteiger partial charge in [-0.2, -0.15) is 0 Å². The Kier molecular flexibility index (Phi) is 6.21. The third kappa shape index (κ3) is 5.55. The number of benzene rings is 1. The second-order valence-corrected chi connectivity index (χ2v) is 7.47. The molecule has 144 valence electrons. The van der Waals surface area contributed by atoms with Crippen molar-refractivity contribution in [2.45, 2.75) is 39.7 Å². The molecule has 0 aliphatic rings. The minimum atomic E-state index is -0.664. The molecular formula is C17H19N3O6S. The number of carbonyl (C=O) groups excluding carboxylic acids is 2. The van der Waals surface area contributed by atoms with Crippen molar-refractivity contribution in [2.24, 2.45) is 0 Å². The lowest BCUT2D eigenvalue weighted by Gasteiger charge is -2.17. The zero-order valence-corrected chi connectivity index (χ0v) is 16.2. The monoisotopic (exact) mass is 393 g/mol. The van der Waals surface area contributed by atoms with E-state index in [9.17, 15) is 19.7 Å². The Balaban J connectivity index is 2.32. The molecule has 1 heterocycles. The van der Waals surface area contributed by atoms with E-state index >= 15 is 0 Å². The summed E-state index contributed by atoms with van der Waals surface area (Å²) in [5.41, 5.74) is -0.149. The molecular weight excluding hydrogens is 374 g/mol. The van der Waals surface area contributed by atoms with Gasteiger partial charge in [0.05, 0.1) is 18.0 Å². The number of aromatic nitrogens is 2. The molecule has 1 aromatic heterocycles. The molecule has 0 bridgehead atoms. The Labute approximate surface area is 159 Å². The third-order valence-corrected chi connectivity index (χ3v) is 4.11. The van der Waals surface area contributed by atoms with Crippen molar-refractivity contribution in [2.75, 3.05) is 6.61 Å². The molecule has 0 amide bonds. The second-order valence-electron chi connectivity index (χ2n) is 6.50. The van der Waals surface area contributed by atoms with Gasteiger partial charge in [0.25, 0.3) is 5.69 Å². The Morgan fingerprint density at radius 3 is 2.56 bits per heavy atom. The molecule has 0 N–H and O–H groups in total. The van der Waals surface area contributed by atoms with Crippen molar-refractivity contribution >= 4 is 29.0 Å². The topological polar surface area (TPSA) is 122 Å². The summed E-state index contributed by atoms with van der Waals surface area (Å²) in [5.74, 6) is -1.16. The predicted octanol–water partition coefficient (Wildman–Crippen LogP) is 3.17. The van der Waals surface area contributed by atoms with Crippen LogP contribution < -0.4 is 0 Å². The Bertz CT molecular complexity index is 872. The summed E-state index contributed by atoms with van der Waals surface area (Å²) in [6.07, 6.45) is -0.240. The lowest BCUT2D eigenvalue weighted by Crippen LogP contribution is -2.23. The van der Waals surface area contributed by atoms with E-state index in [0.29, 0.717) is 10.6 Å². The lowest BCUT2D eigenvalue weighted by atomic mass is 10.1. The van der Waals surface area contributed by atoms with Gasteiger partial charge in [0.2, 0.25) is 5.01 Å². The summed E-state index contributed by atoms with van der Waals surface area (Å²) in [6, 6.07) is 4.26. The van der Waals surface area contributed by atoms with Gasteiger partial charge in [0, 0.05) is 17.2 Å². The van der Waals surface area contributed by atoms with Crippen molar-refractivity contribution in [3.8, 4) is 10.6 Å². The molecule has 0 spiro atoms. The van der Waals surface area contributed by atoms with Crippen LogP contribution >= 0.6 is 11.3 Å². The first-order chi connectivity index (χ1) is 12.6. The highest BCUT2D eigenvalue weighted by Gasteiger charge is 2.23. The van der Waals surface area contributed by atoms with Crippen molar-refractivity contribution in [3.05, 3.63) is 38.9 Å². The van der Waals surface area contributed by atoms with Gasteiger partial charge < -0.3 is 9.47 Å². The van der Waals surface area contributed by atoms with E-state index < -0.39 is 22.5 Å². The first-order valence-corrected chi connectivity index (χ1v) is 8.92. The molecule has 0 radical (unpaired) electrons. The zero-order valence-electron chi connectivity index (χ0n) is 15.3. The number of nitrogens with zero attached hydrogens (tertiary/aromatic N) is 3. The standard InChI is InChI=1S/C17H19N3O6S/c1-5-25-13(21)9-11-8-10(6-7-12(11)20(23)24)14-18-19-15(27-14)16(22)26-17(2,3)4/h6-8H,5,9H2,1-4H3. The van der Waals surface area contributed by atoms with Crippen LogP contribution in [-0.4, -0.2) is 39.3 Å². The van der Waals surface area contributed by atoms with Crippen LogP contribution in [-0.2, 0) is 20.7 Å². The van der Waals surface area contributed by atoms with Crippen LogP contribution in [0.5, 0.6) is 0 Å². The largest absolute Gasteiger partial charge is 0.466 e. The molecule has 2 aromatic rings. The Morgan fingerprint density at radius 1 is 1.26 bits per heavy atom. The van der Waals surface area contributed by atoms with E-state index in [1.165, 1.54) is 18.2 Å². The number of nitro benzene ring substituents is 1. The highest BCUT2D eigenvalue weighted by molar-refractivity contribution is 7.16. The van der Waals surface area contributed by atoms with Gasteiger partial charge in [-0.1, -0.05) is 11.3 Å². The third-order valence-electron chi connectivity index (χ3n) is 3.16. The SMILES string of the molecule is CCOC(=O)Cc1cc(-c2nnc(C(=O)OC(C)(C)C)s2)ccc1[N+](=O)[O-]. The van der Waals surface area contributed by atoms with Gasteiger partial charge >= 0.3 is 11.9 Å². The van der Waals surface area contributed by atoms with Gasteiger partial charge in [-0.05, 0) is 39.8 Å². The molecule has 0 saturated carbocycles. The van der Waals surface area contributed by atoms with Crippen LogP contribution in [0.25, 0.3) is 10.6 Å². The lowest BCUT2D eigenvalue weighted by molar-refractivity contribution is -0.385. The van der Waals surface area contributed by atoms with Crippen molar-refractivity contribution in [1.82, 2.24) is 10.2 Å². The molecule has 0 fully saturated rings. The number of ether oxygens (including phenoxy) is 2. The fourth-order valence-electron chi connectivity index (χ4n) is 2.15. The van der Waals surface area contributed by atoms with E-state index in [-0.39, 0.29) is 29.3 Å². The maximum atomic E-state index is 12.1. The number of esters is 2. The maximum Gasteiger partial charge on any atom is 0.369 e. The smallest absolute Gasteiger partial charge is 0.369 e. The highest BCUT2D eigenvalue weighted by atomic mass is 32.1. The normalized spacial score (nSPS) is 11.1. The molecule has 0 aliphatic heterocycles. The molecule has 0 atom stereocenters. The molecule has 27 heavy (non-hydrogen) atoms. The van der Waals surface area contributed by atoms with Crippen molar-refractivity contribution in [3.63, 3.8) is 0 Å². The number of hydrogen-bond acceptors (Lipinski definition) is 9. The quantitative estimate of drug-likeness (QED) is 0.417. The van der Waals surface area contributed by atoms with Crippen molar-refractivity contribution < 1.29 is 24.0 Å². The Hall–Kier alpha value is -2.88. The fraction of sp³-hybridized carbons (Fsp3) is 0.412. The summed E-state index contributed by atoms with van der Waals surface area (Å²) in [5, 5.41) is 19.4. The maximum absolute atomic E-state index is 12.1. The first-order valence-electron chi connectivity index (χ1n) is 8.11. The van der Waals surface area contributed by atoms with Gasteiger partial charge in [-0.15, -0.1) is 10.2 Å². The van der Waals surface area contributed by atoms with Crippen LogP contribution in [0.4, 0.5) is 5.69 Å². The molecule has 2 rings (SSSR count). The molecule has 0 aliphatic carbocycles. The molecule has 1 aromatic carbocycles. The molecule has 10 heteroatoms. The van der Waals surface area contributed by atoms with Crippen molar-refractivity contribution in [1.29, 1.82) is 0 Å². The summed E-state index contributed by atoms with van der Waals surface area (Å²) < 4.78 is 10.1. The van der Waals surface area contributed by atoms with E-state index in [1.54, 1.807) is 27.7 Å². The summed E-state index contributed by atoms with van der Waals surface area (Å²) in [7, 11) is 0. The number of hydrogen-bond donors (Lipinski definition) is 0. The summed E-state index contributed by atoms with van der Waals surface area (Å²) >= 11 is 1.00. The van der Waals surface area contributed by atoms with Gasteiger partial charge in [-0.25, -0.2) is 4.79 Å². The van der Waals surface area contributed by atoms with Gasteiger partial charge in [0.1, 0.15) is 10.6 Å². The summed E-state index contributed by atoms with van der Waals surface area (Å²) in [6.45, 7) is 7.06. The van der Waals surface area contributed by atoms with E-state index in [0.717, 1.165) is 11.3 Å². The zero-order chi connectivity index (χ0) is 20.2. The fourth-order valence-corrected chi connectivity index (χ4v) is 2.87. The van der Waals surface area contributed by atoms with E-state index in [4.69, 9.17) is 9.47 Å². The van der Waals surface area contributed by atoms with Gasteiger partial charge in [0.15, 0.2) is 0 Å². The van der Waals surface area contributed by atoms with E-state index in [1.807, 2.05) is 0 Å². The highest BCUT2D eigenvalue weighted by Crippen LogP contribution is 2.30. The van der Waals surface area contributed by atoms with E-state index in [2.05, 4.69) is 10.2 Å². The number of carbonyl (C=O) groups is 2. The second kappa shape index (κ2) is 8.21. The summed E-state index contributed by atoms with van der Waals surface area (Å²) in [4.78, 5) is 34.4. The number of rotatable bonds is 6. The Morgan fingerprint density at radius 2 is 1.96 bits per heavy atom. The van der Waals surface area contributed by atoms with Crippen LogP contribution in [0.1, 0.15) is 43.1 Å².